The molecule has 1 fully saturated rings. The Morgan fingerprint density at radius 3 is 2.57 bits per heavy atom. The molecular formula is C10H21N3O. The summed E-state index contributed by atoms with van der Waals surface area (Å²) >= 11 is 0. The summed E-state index contributed by atoms with van der Waals surface area (Å²) in [4.78, 5) is 13.5. The number of nitrogens with zero attached hydrogens (tertiary/aromatic N) is 1. The zero-order valence-corrected chi connectivity index (χ0v) is 9.34. The van der Waals surface area contributed by atoms with Gasteiger partial charge in [-0.05, 0) is 40.3 Å². The number of hydrogen-bond donors (Lipinski definition) is 2. The largest absolute Gasteiger partial charge is 0.335 e. The summed E-state index contributed by atoms with van der Waals surface area (Å²) < 4.78 is 0. The van der Waals surface area contributed by atoms with Crippen molar-refractivity contribution in [2.24, 2.45) is 0 Å². The number of carbonyl (C=O) groups excluding carboxylic acids is 1. The first kappa shape index (κ1) is 11.3. The highest BCUT2D eigenvalue weighted by Crippen LogP contribution is 2.17. The summed E-state index contributed by atoms with van der Waals surface area (Å²) in [6.07, 6.45) is 3.52. The molecule has 2 amide bonds. The van der Waals surface area contributed by atoms with E-state index in [1.807, 2.05) is 21.0 Å². The zero-order chi connectivity index (χ0) is 10.6. The fourth-order valence-electron chi connectivity index (χ4n) is 1.60. The number of rotatable bonds is 4. The topological polar surface area (TPSA) is 44.4 Å². The minimum absolute atomic E-state index is 0.0240. The molecule has 1 aliphatic rings. The van der Waals surface area contributed by atoms with Gasteiger partial charge in [-0.25, -0.2) is 4.79 Å². The van der Waals surface area contributed by atoms with E-state index in [1.165, 1.54) is 6.42 Å². The van der Waals surface area contributed by atoms with Crippen LogP contribution in [0.5, 0.6) is 0 Å². The van der Waals surface area contributed by atoms with Gasteiger partial charge in [0.2, 0.25) is 0 Å². The second kappa shape index (κ2) is 5.20. The van der Waals surface area contributed by atoms with Crippen LogP contribution in [-0.4, -0.2) is 43.7 Å². The van der Waals surface area contributed by atoms with Gasteiger partial charge in [0, 0.05) is 18.6 Å². The van der Waals surface area contributed by atoms with E-state index >= 15 is 0 Å². The second-order valence-corrected chi connectivity index (χ2v) is 4.41. The Hall–Kier alpha value is -0.770. The maximum atomic E-state index is 11.4. The maximum absolute atomic E-state index is 11.4. The fraction of sp³-hybridized carbons (Fsp3) is 0.900. The molecule has 1 saturated carbocycles. The number of carbonyl (C=O) groups is 1. The van der Waals surface area contributed by atoms with E-state index in [4.69, 9.17) is 0 Å². The van der Waals surface area contributed by atoms with Gasteiger partial charge in [-0.3, -0.25) is 0 Å². The molecule has 0 aliphatic heterocycles. The number of nitrogens with one attached hydrogen (secondary N) is 2. The molecule has 0 radical (unpaired) electrons. The minimum Gasteiger partial charge on any atom is -0.335 e. The first-order valence-electron chi connectivity index (χ1n) is 5.29. The number of urea groups is 1. The predicted molar refractivity (Wildman–Crippen MR) is 57.3 cm³/mol. The van der Waals surface area contributed by atoms with Gasteiger partial charge in [-0.2, -0.15) is 0 Å². The van der Waals surface area contributed by atoms with Crippen LogP contribution in [0.15, 0.2) is 0 Å². The fourth-order valence-corrected chi connectivity index (χ4v) is 1.60. The summed E-state index contributed by atoms with van der Waals surface area (Å²) in [6.45, 7) is 2.89. The van der Waals surface area contributed by atoms with Crippen molar-refractivity contribution < 1.29 is 4.79 Å². The predicted octanol–water partition coefficient (Wildman–Crippen LogP) is 0.788. The van der Waals surface area contributed by atoms with Crippen LogP contribution in [0.3, 0.4) is 0 Å². The molecule has 4 heteroatoms. The Balaban J connectivity index is 2.11. The van der Waals surface area contributed by atoms with E-state index in [0.29, 0.717) is 6.04 Å². The van der Waals surface area contributed by atoms with Gasteiger partial charge in [0.25, 0.3) is 0 Å². The van der Waals surface area contributed by atoms with Gasteiger partial charge < -0.3 is 15.5 Å². The third-order valence-corrected chi connectivity index (χ3v) is 2.46. The molecule has 0 spiro atoms. The summed E-state index contributed by atoms with van der Waals surface area (Å²) in [6, 6.07) is 0.593. The molecule has 1 rings (SSSR count). The van der Waals surface area contributed by atoms with Crippen molar-refractivity contribution in [2.45, 2.75) is 38.3 Å². The van der Waals surface area contributed by atoms with Crippen LogP contribution in [-0.2, 0) is 0 Å². The number of amides is 2. The standard InChI is InChI=1S/C10H21N3O/c1-8(7-13(2)3)11-10(14)12-9-5-4-6-9/h8-9H,4-7H2,1-3H3,(H2,11,12,14). The number of hydrogen-bond acceptors (Lipinski definition) is 2. The van der Waals surface area contributed by atoms with Crippen molar-refractivity contribution in [1.82, 2.24) is 15.5 Å². The van der Waals surface area contributed by atoms with E-state index < -0.39 is 0 Å². The lowest BCUT2D eigenvalue weighted by molar-refractivity contribution is 0.222. The van der Waals surface area contributed by atoms with E-state index in [2.05, 4.69) is 15.5 Å². The normalized spacial score (nSPS) is 18.9. The van der Waals surface area contributed by atoms with Gasteiger partial charge in [0.15, 0.2) is 0 Å². The van der Waals surface area contributed by atoms with E-state index in [1.54, 1.807) is 0 Å². The van der Waals surface area contributed by atoms with E-state index in [-0.39, 0.29) is 12.1 Å². The van der Waals surface area contributed by atoms with Crippen LogP contribution in [0.1, 0.15) is 26.2 Å². The van der Waals surface area contributed by atoms with Gasteiger partial charge in [0.1, 0.15) is 0 Å². The lowest BCUT2D eigenvalue weighted by Gasteiger charge is -2.27. The summed E-state index contributed by atoms with van der Waals surface area (Å²) in [7, 11) is 4.00. The van der Waals surface area contributed by atoms with Crippen LogP contribution in [0.25, 0.3) is 0 Å². The van der Waals surface area contributed by atoms with Crippen molar-refractivity contribution in [3.05, 3.63) is 0 Å². The SMILES string of the molecule is CC(CN(C)C)NC(=O)NC1CCC1. The molecule has 2 N–H and O–H groups in total. The van der Waals surface area contributed by atoms with Crippen molar-refractivity contribution in [1.29, 1.82) is 0 Å². The Labute approximate surface area is 86.0 Å². The van der Waals surface area contributed by atoms with Gasteiger partial charge in [-0.1, -0.05) is 0 Å². The van der Waals surface area contributed by atoms with E-state index in [0.717, 1.165) is 19.4 Å². The van der Waals surface area contributed by atoms with Gasteiger partial charge in [-0.15, -0.1) is 0 Å². The lowest BCUT2D eigenvalue weighted by Crippen LogP contribution is -2.49. The first-order valence-corrected chi connectivity index (χ1v) is 5.29. The lowest BCUT2D eigenvalue weighted by atomic mass is 9.93. The van der Waals surface area contributed by atoms with E-state index in [9.17, 15) is 4.79 Å². The average Bonchev–Trinajstić information content (AvgIpc) is 1.94. The number of likely N-dealkylation sites (N-methyl/N-ethyl adjacent to an activating group) is 1. The van der Waals surface area contributed by atoms with Crippen molar-refractivity contribution in [3.63, 3.8) is 0 Å². The molecule has 0 heterocycles. The van der Waals surface area contributed by atoms with Crippen LogP contribution in [0, 0.1) is 0 Å². The molecule has 4 nitrogen and oxygen atoms in total. The molecular weight excluding hydrogens is 178 g/mol. The second-order valence-electron chi connectivity index (χ2n) is 4.41. The molecule has 0 aromatic rings. The Morgan fingerprint density at radius 2 is 2.14 bits per heavy atom. The molecule has 1 aliphatic carbocycles. The van der Waals surface area contributed by atoms with Crippen LogP contribution >= 0.6 is 0 Å². The monoisotopic (exact) mass is 199 g/mol. The first-order chi connectivity index (χ1) is 6.58. The quantitative estimate of drug-likeness (QED) is 0.703. The third kappa shape index (κ3) is 3.96. The summed E-state index contributed by atoms with van der Waals surface area (Å²) in [5.41, 5.74) is 0. The maximum Gasteiger partial charge on any atom is 0.315 e. The molecule has 0 saturated heterocycles. The van der Waals surface area contributed by atoms with Gasteiger partial charge >= 0.3 is 6.03 Å². The van der Waals surface area contributed by atoms with Crippen LogP contribution in [0.2, 0.25) is 0 Å². The van der Waals surface area contributed by atoms with Crippen molar-refractivity contribution in [3.8, 4) is 0 Å². The molecule has 0 aromatic heterocycles. The molecule has 1 atom stereocenters. The molecule has 14 heavy (non-hydrogen) atoms. The Kier molecular flexibility index (Phi) is 4.20. The van der Waals surface area contributed by atoms with Crippen LogP contribution in [0.4, 0.5) is 4.79 Å². The minimum atomic E-state index is -0.0240. The molecule has 0 bridgehead atoms. The Bertz CT molecular complexity index is 190. The van der Waals surface area contributed by atoms with Gasteiger partial charge in [0.05, 0.1) is 0 Å². The average molecular weight is 199 g/mol. The molecule has 82 valence electrons. The van der Waals surface area contributed by atoms with Crippen LogP contribution < -0.4 is 10.6 Å². The highest BCUT2D eigenvalue weighted by atomic mass is 16.2. The zero-order valence-electron chi connectivity index (χ0n) is 9.34. The van der Waals surface area contributed by atoms with Crippen molar-refractivity contribution in [2.75, 3.05) is 20.6 Å². The van der Waals surface area contributed by atoms with Crippen molar-refractivity contribution >= 4 is 6.03 Å². The molecule has 0 aromatic carbocycles. The summed E-state index contributed by atoms with van der Waals surface area (Å²) in [5.74, 6) is 0. The smallest absolute Gasteiger partial charge is 0.315 e. The highest BCUT2D eigenvalue weighted by Gasteiger charge is 2.19. The highest BCUT2D eigenvalue weighted by molar-refractivity contribution is 5.74. The molecule has 1 unspecified atom stereocenters. The third-order valence-electron chi connectivity index (χ3n) is 2.46. The summed E-state index contributed by atoms with van der Waals surface area (Å²) in [5, 5.41) is 5.87. The Morgan fingerprint density at radius 1 is 1.50 bits per heavy atom.